The third kappa shape index (κ3) is 2.32. The van der Waals surface area contributed by atoms with E-state index in [0.717, 1.165) is 53.5 Å². The monoisotopic (exact) mass is 321 g/mol. The molecule has 1 aromatic heterocycles. The van der Waals surface area contributed by atoms with Crippen LogP contribution in [0.25, 0.3) is 11.0 Å². The van der Waals surface area contributed by atoms with Crippen LogP contribution in [0.1, 0.15) is 13.3 Å². The van der Waals surface area contributed by atoms with Gasteiger partial charge in [-0.05, 0) is 34.5 Å². The van der Waals surface area contributed by atoms with Crippen molar-refractivity contribution in [2.45, 2.75) is 19.9 Å². The number of benzene rings is 1. The molecule has 19 heavy (non-hydrogen) atoms. The van der Waals surface area contributed by atoms with Gasteiger partial charge in [-0.1, -0.05) is 13.0 Å². The Morgan fingerprint density at radius 3 is 3.11 bits per heavy atom. The number of rotatable bonds is 3. The highest BCUT2D eigenvalue weighted by Crippen LogP contribution is 2.27. The molecule has 0 spiro atoms. The molecular weight excluding hydrogens is 306 g/mol. The van der Waals surface area contributed by atoms with Crippen molar-refractivity contribution in [3.63, 3.8) is 0 Å². The van der Waals surface area contributed by atoms with Crippen molar-refractivity contribution in [3.05, 3.63) is 22.7 Å². The van der Waals surface area contributed by atoms with Crippen LogP contribution < -0.4 is 10.6 Å². The third-order valence-corrected chi connectivity index (χ3v) is 3.71. The Bertz CT molecular complexity index is 631. The van der Waals surface area contributed by atoms with E-state index in [0.29, 0.717) is 0 Å². The minimum atomic E-state index is 0.809. The number of guanidine groups is 1. The van der Waals surface area contributed by atoms with Crippen LogP contribution in [0.15, 0.2) is 27.7 Å². The molecule has 1 aliphatic heterocycles. The van der Waals surface area contributed by atoms with E-state index in [1.165, 1.54) is 0 Å². The van der Waals surface area contributed by atoms with Crippen molar-refractivity contribution in [3.8, 4) is 0 Å². The van der Waals surface area contributed by atoms with Crippen LogP contribution in [0, 0.1) is 0 Å². The number of para-hydroxylation sites is 1. The Morgan fingerprint density at radius 1 is 1.47 bits per heavy atom. The van der Waals surface area contributed by atoms with E-state index in [1.54, 1.807) is 0 Å². The average molecular weight is 322 g/mol. The summed E-state index contributed by atoms with van der Waals surface area (Å²) in [6.45, 7) is 4.80. The van der Waals surface area contributed by atoms with Gasteiger partial charge in [-0.25, -0.2) is 4.98 Å². The quantitative estimate of drug-likeness (QED) is 0.913. The Hall–Kier alpha value is -1.56. The molecule has 0 bridgehead atoms. The molecule has 2 heterocycles. The van der Waals surface area contributed by atoms with Crippen molar-refractivity contribution in [2.24, 2.45) is 4.99 Å². The van der Waals surface area contributed by atoms with Gasteiger partial charge >= 0.3 is 0 Å². The highest BCUT2D eigenvalue weighted by atomic mass is 79.9. The van der Waals surface area contributed by atoms with Crippen LogP contribution in [0.5, 0.6) is 0 Å². The second-order valence-corrected chi connectivity index (χ2v) is 5.33. The summed E-state index contributed by atoms with van der Waals surface area (Å²) in [6.07, 6.45) is 1.06. The number of aromatic nitrogens is 2. The van der Waals surface area contributed by atoms with Gasteiger partial charge in [-0.3, -0.25) is 10.3 Å². The van der Waals surface area contributed by atoms with Crippen LogP contribution in [-0.2, 0) is 6.54 Å². The standard InChI is InChI=1S/C13H16BrN5/c1-2-8-19-11-9(14)4-3-5-10(11)17-13(19)18-12-15-6-7-16-12/h3-5H,2,6-8H2,1H3,(H2,15,16,17,18). The van der Waals surface area contributed by atoms with Gasteiger partial charge in [0.25, 0.3) is 0 Å². The molecule has 2 N–H and O–H groups in total. The number of imidazole rings is 1. The summed E-state index contributed by atoms with van der Waals surface area (Å²) >= 11 is 3.61. The van der Waals surface area contributed by atoms with Crippen LogP contribution in [0.3, 0.4) is 0 Å². The van der Waals surface area contributed by atoms with E-state index in [4.69, 9.17) is 0 Å². The molecule has 3 rings (SSSR count). The number of anilines is 1. The second kappa shape index (κ2) is 5.21. The van der Waals surface area contributed by atoms with Gasteiger partial charge in [-0.2, -0.15) is 0 Å². The van der Waals surface area contributed by atoms with Gasteiger partial charge in [0.15, 0.2) is 5.96 Å². The van der Waals surface area contributed by atoms with E-state index in [9.17, 15) is 0 Å². The topological polar surface area (TPSA) is 54.2 Å². The molecule has 1 aromatic carbocycles. The van der Waals surface area contributed by atoms with Crippen LogP contribution in [0.4, 0.5) is 5.95 Å². The van der Waals surface area contributed by atoms with Crippen molar-refractivity contribution < 1.29 is 0 Å². The fourth-order valence-corrected chi connectivity index (χ4v) is 2.84. The van der Waals surface area contributed by atoms with Gasteiger partial charge in [0.2, 0.25) is 5.95 Å². The minimum Gasteiger partial charge on any atom is -0.354 e. The summed E-state index contributed by atoms with van der Waals surface area (Å²) in [5.41, 5.74) is 2.12. The molecular formula is C13H16BrN5. The zero-order valence-corrected chi connectivity index (χ0v) is 12.4. The fraction of sp³-hybridized carbons (Fsp3) is 0.385. The van der Waals surface area contributed by atoms with Gasteiger partial charge in [0, 0.05) is 17.6 Å². The second-order valence-electron chi connectivity index (χ2n) is 4.48. The molecule has 0 fully saturated rings. The Balaban J connectivity index is 2.06. The Morgan fingerprint density at radius 2 is 2.37 bits per heavy atom. The first-order valence-electron chi connectivity index (χ1n) is 6.49. The average Bonchev–Trinajstić information content (AvgIpc) is 3.00. The minimum absolute atomic E-state index is 0.809. The van der Waals surface area contributed by atoms with E-state index in [-0.39, 0.29) is 0 Å². The summed E-state index contributed by atoms with van der Waals surface area (Å²) in [5.74, 6) is 1.65. The molecule has 0 radical (unpaired) electrons. The number of nitrogens with one attached hydrogen (secondary N) is 2. The molecule has 0 amide bonds. The van der Waals surface area contributed by atoms with E-state index >= 15 is 0 Å². The van der Waals surface area contributed by atoms with Crippen molar-refractivity contribution >= 4 is 38.9 Å². The zero-order chi connectivity index (χ0) is 13.2. The summed E-state index contributed by atoms with van der Waals surface area (Å²) in [6, 6.07) is 6.08. The Labute approximate surface area is 120 Å². The summed E-state index contributed by atoms with van der Waals surface area (Å²) in [5, 5.41) is 6.49. The maximum atomic E-state index is 4.66. The van der Waals surface area contributed by atoms with Gasteiger partial charge in [0.1, 0.15) is 0 Å². The van der Waals surface area contributed by atoms with Crippen LogP contribution in [0.2, 0.25) is 0 Å². The largest absolute Gasteiger partial charge is 0.354 e. The number of fused-ring (bicyclic) bond motifs is 1. The lowest BCUT2D eigenvalue weighted by Gasteiger charge is -2.10. The zero-order valence-electron chi connectivity index (χ0n) is 10.8. The molecule has 100 valence electrons. The maximum absolute atomic E-state index is 4.66. The number of halogens is 1. The molecule has 6 heteroatoms. The summed E-state index contributed by atoms with van der Waals surface area (Å²) in [4.78, 5) is 9.01. The van der Waals surface area contributed by atoms with Gasteiger partial charge in [-0.15, -0.1) is 0 Å². The van der Waals surface area contributed by atoms with Crippen molar-refractivity contribution in [2.75, 3.05) is 18.4 Å². The molecule has 0 saturated heterocycles. The molecule has 1 aliphatic rings. The van der Waals surface area contributed by atoms with E-state index in [1.807, 2.05) is 18.2 Å². The van der Waals surface area contributed by atoms with Gasteiger partial charge in [0.05, 0.1) is 17.6 Å². The van der Waals surface area contributed by atoms with Crippen molar-refractivity contribution in [1.82, 2.24) is 14.9 Å². The molecule has 2 aromatic rings. The van der Waals surface area contributed by atoms with Crippen LogP contribution in [-0.4, -0.2) is 28.6 Å². The number of hydrogen-bond acceptors (Lipinski definition) is 4. The van der Waals surface area contributed by atoms with E-state index < -0.39 is 0 Å². The highest BCUT2D eigenvalue weighted by molar-refractivity contribution is 9.10. The summed E-state index contributed by atoms with van der Waals surface area (Å²) in [7, 11) is 0. The smallest absolute Gasteiger partial charge is 0.210 e. The first kappa shape index (κ1) is 12.5. The normalized spacial score (nSPS) is 14.5. The van der Waals surface area contributed by atoms with Crippen LogP contribution >= 0.6 is 15.9 Å². The highest BCUT2D eigenvalue weighted by Gasteiger charge is 2.15. The lowest BCUT2D eigenvalue weighted by atomic mass is 10.3. The third-order valence-electron chi connectivity index (χ3n) is 3.07. The molecule has 0 atom stereocenters. The van der Waals surface area contributed by atoms with E-state index in [2.05, 4.69) is 48.0 Å². The maximum Gasteiger partial charge on any atom is 0.210 e. The number of nitrogens with zero attached hydrogens (tertiary/aromatic N) is 3. The Kier molecular flexibility index (Phi) is 3.42. The predicted molar refractivity (Wildman–Crippen MR) is 81.7 cm³/mol. The fourth-order valence-electron chi connectivity index (χ4n) is 2.27. The lowest BCUT2D eigenvalue weighted by Crippen LogP contribution is -2.27. The molecule has 0 unspecified atom stereocenters. The van der Waals surface area contributed by atoms with Crippen molar-refractivity contribution in [1.29, 1.82) is 0 Å². The SMILES string of the molecule is CCCn1c(NC2=NCCN2)nc2cccc(Br)c21. The predicted octanol–water partition coefficient (Wildman–Crippen LogP) is 2.58. The summed E-state index contributed by atoms with van der Waals surface area (Å²) < 4.78 is 3.27. The molecule has 0 aliphatic carbocycles. The first-order chi connectivity index (χ1) is 9.29. The first-order valence-corrected chi connectivity index (χ1v) is 7.29. The molecule has 0 saturated carbocycles. The number of aliphatic imine (C=N–C) groups is 1. The number of hydrogen-bond donors (Lipinski definition) is 2. The number of aryl methyl sites for hydroxylation is 1. The molecule has 5 nitrogen and oxygen atoms in total. The lowest BCUT2D eigenvalue weighted by molar-refractivity contribution is 0.704. The van der Waals surface area contributed by atoms with Gasteiger partial charge < -0.3 is 9.88 Å².